The number of aromatic nitrogens is 3. The smallest absolute Gasteiger partial charge is 0.195 e. The largest absolute Gasteiger partial charge is 0.274 e. The maximum absolute atomic E-state index is 5.87. The van der Waals surface area contributed by atoms with Crippen molar-refractivity contribution in [3.05, 3.63) is 35.1 Å². The molecule has 0 bridgehead atoms. The van der Waals surface area contributed by atoms with Crippen LogP contribution in [0.15, 0.2) is 29.4 Å². The van der Waals surface area contributed by atoms with Crippen molar-refractivity contribution in [2.75, 3.05) is 5.75 Å². The Morgan fingerprint density at radius 2 is 1.94 bits per heavy atom. The fourth-order valence-electron chi connectivity index (χ4n) is 1.45. The average molecular weight is 254 g/mol. The molecule has 16 heavy (non-hydrogen) atoms. The molecule has 0 unspecified atom stereocenters. The highest BCUT2D eigenvalue weighted by Crippen LogP contribution is 2.22. The van der Waals surface area contributed by atoms with E-state index in [0.717, 1.165) is 27.4 Å². The Bertz CT molecular complexity index is 478. The van der Waals surface area contributed by atoms with Gasteiger partial charge < -0.3 is 0 Å². The molecule has 0 atom stereocenters. The highest BCUT2D eigenvalue weighted by Gasteiger charge is 2.09. The molecule has 0 saturated heterocycles. The van der Waals surface area contributed by atoms with Crippen LogP contribution < -0.4 is 0 Å². The van der Waals surface area contributed by atoms with E-state index in [1.165, 1.54) is 0 Å². The van der Waals surface area contributed by atoms with E-state index in [1.54, 1.807) is 11.8 Å². The third kappa shape index (κ3) is 2.23. The van der Waals surface area contributed by atoms with Crippen LogP contribution in [0, 0.1) is 6.92 Å². The third-order valence-corrected chi connectivity index (χ3v) is 3.22. The lowest BCUT2D eigenvalue weighted by Gasteiger charge is -2.07. The van der Waals surface area contributed by atoms with E-state index in [1.807, 2.05) is 35.8 Å². The molecule has 0 N–H and O–H groups in total. The van der Waals surface area contributed by atoms with Crippen LogP contribution in [0.2, 0.25) is 5.02 Å². The van der Waals surface area contributed by atoms with E-state index in [4.69, 9.17) is 11.6 Å². The van der Waals surface area contributed by atoms with Gasteiger partial charge in [0.15, 0.2) is 5.16 Å². The van der Waals surface area contributed by atoms with E-state index in [9.17, 15) is 0 Å². The maximum Gasteiger partial charge on any atom is 0.195 e. The van der Waals surface area contributed by atoms with E-state index < -0.39 is 0 Å². The van der Waals surface area contributed by atoms with E-state index in [0.29, 0.717) is 0 Å². The van der Waals surface area contributed by atoms with E-state index in [2.05, 4.69) is 17.1 Å². The number of thioether (sulfide) groups is 1. The number of benzene rings is 1. The Kier molecular flexibility index (Phi) is 3.51. The minimum Gasteiger partial charge on any atom is -0.274 e. The minimum absolute atomic E-state index is 0.735. The molecule has 1 aromatic carbocycles. The van der Waals surface area contributed by atoms with Crippen molar-refractivity contribution < 1.29 is 0 Å². The molecule has 3 nitrogen and oxygen atoms in total. The Hall–Kier alpha value is -1.00. The fourth-order valence-corrected chi connectivity index (χ4v) is 2.30. The van der Waals surface area contributed by atoms with Gasteiger partial charge in [-0.3, -0.25) is 4.57 Å². The monoisotopic (exact) mass is 253 g/mol. The van der Waals surface area contributed by atoms with Crippen LogP contribution in [-0.4, -0.2) is 20.5 Å². The van der Waals surface area contributed by atoms with Crippen LogP contribution in [0.1, 0.15) is 12.7 Å². The second-order valence-electron chi connectivity index (χ2n) is 3.27. The number of aryl methyl sites for hydroxylation is 1. The van der Waals surface area contributed by atoms with Crippen LogP contribution in [0.4, 0.5) is 0 Å². The number of halogens is 1. The molecule has 0 saturated carbocycles. The molecule has 2 aromatic rings. The van der Waals surface area contributed by atoms with Crippen molar-refractivity contribution in [3.8, 4) is 5.69 Å². The standard InChI is InChI=1S/C11H12ClN3S/c1-3-16-11-14-13-8(2)15(11)10-6-4-9(12)5-7-10/h4-7H,3H2,1-2H3. The third-order valence-electron chi connectivity index (χ3n) is 2.15. The zero-order valence-electron chi connectivity index (χ0n) is 9.14. The van der Waals surface area contributed by atoms with Crippen LogP contribution in [0.25, 0.3) is 5.69 Å². The summed E-state index contributed by atoms with van der Waals surface area (Å²) in [6.07, 6.45) is 0. The van der Waals surface area contributed by atoms with Gasteiger partial charge in [-0.05, 0) is 36.9 Å². The fraction of sp³-hybridized carbons (Fsp3) is 0.273. The Balaban J connectivity index is 2.45. The van der Waals surface area contributed by atoms with Crippen LogP contribution in [-0.2, 0) is 0 Å². The summed E-state index contributed by atoms with van der Waals surface area (Å²) in [7, 11) is 0. The second-order valence-corrected chi connectivity index (χ2v) is 4.94. The van der Waals surface area contributed by atoms with Gasteiger partial charge in [-0.25, -0.2) is 0 Å². The number of hydrogen-bond acceptors (Lipinski definition) is 3. The van der Waals surface area contributed by atoms with Crippen molar-refractivity contribution in [2.24, 2.45) is 0 Å². The van der Waals surface area contributed by atoms with Gasteiger partial charge >= 0.3 is 0 Å². The highest BCUT2D eigenvalue weighted by molar-refractivity contribution is 7.99. The molecule has 0 radical (unpaired) electrons. The summed E-state index contributed by atoms with van der Waals surface area (Å²) in [5, 5.41) is 9.89. The molecule has 0 spiro atoms. The summed E-state index contributed by atoms with van der Waals surface area (Å²) in [6, 6.07) is 7.68. The van der Waals surface area contributed by atoms with Gasteiger partial charge in [-0.2, -0.15) is 0 Å². The topological polar surface area (TPSA) is 30.7 Å². The molecular weight excluding hydrogens is 242 g/mol. The van der Waals surface area contributed by atoms with Gasteiger partial charge in [-0.1, -0.05) is 30.3 Å². The van der Waals surface area contributed by atoms with Crippen molar-refractivity contribution in [1.82, 2.24) is 14.8 Å². The molecule has 1 heterocycles. The average Bonchev–Trinajstić information content (AvgIpc) is 2.62. The first-order valence-corrected chi connectivity index (χ1v) is 6.39. The van der Waals surface area contributed by atoms with Crippen LogP contribution in [0.5, 0.6) is 0 Å². The van der Waals surface area contributed by atoms with Crippen LogP contribution >= 0.6 is 23.4 Å². The minimum atomic E-state index is 0.735. The predicted molar refractivity (Wildman–Crippen MR) is 67.5 cm³/mol. The summed E-state index contributed by atoms with van der Waals surface area (Å²) in [4.78, 5) is 0. The van der Waals surface area contributed by atoms with Crippen molar-refractivity contribution in [2.45, 2.75) is 19.0 Å². The van der Waals surface area contributed by atoms with Gasteiger partial charge in [0.2, 0.25) is 0 Å². The molecule has 0 aliphatic carbocycles. The second kappa shape index (κ2) is 4.89. The highest BCUT2D eigenvalue weighted by atomic mass is 35.5. The summed E-state index contributed by atoms with van der Waals surface area (Å²) < 4.78 is 2.03. The van der Waals surface area contributed by atoms with Gasteiger partial charge in [0, 0.05) is 10.7 Å². The number of nitrogens with zero attached hydrogens (tertiary/aromatic N) is 3. The van der Waals surface area contributed by atoms with E-state index >= 15 is 0 Å². The van der Waals surface area contributed by atoms with E-state index in [-0.39, 0.29) is 0 Å². The first-order valence-electron chi connectivity index (χ1n) is 5.03. The molecule has 2 rings (SSSR count). The molecule has 0 fully saturated rings. The van der Waals surface area contributed by atoms with Gasteiger partial charge in [0.1, 0.15) is 5.82 Å². The van der Waals surface area contributed by atoms with Gasteiger partial charge in [0.05, 0.1) is 0 Å². The van der Waals surface area contributed by atoms with Crippen molar-refractivity contribution in [3.63, 3.8) is 0 Å². The normalized spacial score (nSPS) is 10.7. The SMILES string of the molecule is CCSc1nnc(C)n1-c1ccc(Cl)cc1. The molecule has 1 aromatic heterocycles. The summed E-state index contributed by atoms with van der Waals surface area (Å²) in [5.74, 6) is 1.87. The van der Waals surface area contributed by atoms with Crippen molar-refractivity contribution in [1.29, 1.82) is 0 Å². The molecule has 0 aliphatic heterocycles. The molecular formula is C11H12ClN3S. The van der Waals surface area contributed by atoms with Crippen molar-refractivity contribution >= 4 is 23.4 Å². The lowest BCUT2D eigenvalue weighted by atomic mass is 10.3. The number of rotatable bonds is 3. The first kappa shape index (κ1) is 11.5. The zero-order valence-corrected chi connectivity index (χ0v) is 10.7. The molecule has 0 amide bonds. The Morgan fingerprint density at radius 3 is 2.56 bits per heavy atom. The van der Waals surface area contributed by atoms with Crippen LogP contribution in [0.3, 0.4) is 0 Å². The summed E-state index contributed by atoms with van der Waals surface area (Å²) in [5.41, 5.74) is 1.04. The zero-order chi connectivity index (χ0) is 11.5. The molecule has 5 heteroatoms. The van der Waals surface area contributed by atoms with Gasteiger partial charge in [0.25, 0.3) is 0 Å². The predicted octanol–water partition coefficient (Wildman–Crippen LogP) is 3.34. The summed E-state index contributed by atoms with van der Waals surface area (Å²) in [6.45, 7) is 4.04. The maximum atomic E-state index is 5.87. The molecule has 84 valence electrons. The number of hydrogen-bond donors (Lipinski definition) is 0. The first-order chi connectivity index (χ1) is 7.72. The lowest BCUT2D eigenvalue weighted by Crippen LogP contribution is -1.98. The lowest BCUT2D eigenvalue weighted by molar-refractivity contribution is 0.869. The molecule has 0 aliphatic rings. The Labute approximate surface area is 104 Å². The summed E-state index contributed by atoms with van der Waals surface area (Å²) >= 11 is 7.55. The Morgan fingerprint density at radius 1 is 1.25 bits per heavy atom. The quantitative estimate of drug-likeness (QED) is 0.786. The van der Waals surface area contributed by atoms with Gasteiger partial charge in [-0.15, -0.1) is 10.2 Å².